The van der Waals surface area contributed by atoms with Crippen molar-refractivity contribution in [1.82, 2.24) is 33.8 Å². The highest BCUT2D eigenvalue weighted by Gasteiger charge is 2.39. The number of nitrogens with zero attached hydrogens (tertiary/aromatic N) is 8. The molecule has 0 spiro atoms. The van der Waals surface area contributed by atoms with Crippen molar-refractivity contribution in [2.45, 2.75) is 19.0 Å². The van der Waals surface area contributed by atoms with Gasteiger partial charge in [0, 0.05) is 49.0 Å². The summed E-state index contributed by atoms with van der Waals surface area (Å²) in [4.78, 5) is 44.6. The van der Waals surface area contributed by atoms with E-state index in [4.69, 9.17) is 9.97 Å². The van der Waals surface area contributed by atoms with Crippen LogP contribution in [0.25, 0.3) is 22.7 Å². The third-order valence-electron chi connectivity index (χ3n) is 8.30. The summed E-state index contributed by atoms with van der Waals surface area (Å²) < 4.78 is 4.60. The molecule has 5 aromatic rings. The van der Waals surface area contributed by atoms with Crippen LogP contribution in [0.3, 0.4) is 0 Å². The molecule has 0 saturated carbocycles. The van der Waals surface area contributed by atoms with Crippen molar-refractivity contribution in [3.63, 3.8) is 0 Å². The van der Waals surface area contributed by atoms with Crippen LogP contribution in [0.2, 0.25) is 0 Å². The number of fused-ring (bicyclic) bond motifs is 2. The number of rotatable bonds is 7. The van der Waals surface area contributed by atoms with Crippen molar-refractivity contribution >= 4 is 28.4 Å². The van der Waals surface area contributed by atoms with E-state index in [1.807, 2.05) is 12.1 Å². The van der Waals surface area contributed by atoms with E-state index < -0.39 is 0 Å². The smallest absolute Gasteiger partial charge is 0.278 e. The molecule has 0 bridgehead atoms. The summed E-state index contributed by atoms with van der Waals surface area (Å²) in [6.07, 6.45) is 6.09. The standard InChI is InChI=1S/C31H31N9O2/c1-3-15-39-30(42)24-18-32-31(33-22-10-12-23(13-11-22)37-19-21-14-17-36(2)25(21)20-37)35-29(24)40(39)27-8-6-7-26(34-27)38-16-5-4-9-28(38)41/h3-13,16,18,21,25H,1,14-15,17,19-20H2,2H3,(H,32,33,35). The maximum Gasteiger partial charge on any atom is 0.278 e. The average molecular weight is 562 g/mol. The molecule has 0 aliphatic carbocycles. The first-order chi connectivity index (χ1) is 20.5. The predicted octanol–water partition coefficient (Wildman–Crippen LogP) is 3.20. The highest BCUT2D eigenvalue weighted by Crippen LogP contribution is 2.33. The number of aromatic nitrogens is 6. The van der Waals surface area contributed by atoms with E-state index in [0.717, 1.165) is 24.7 Å². The Morgan fingerprint density at radius 1 is 1.00 bits per heavy atom. The van der Waals surface area contributed by atoms with Gasteiger partial charge in [-0.1, -0.05) is 18.2 Å². The van der Waals surface area contributed by atoms with Crippen molar-refractivity contribution < 1.29 is 0 Å². The van der Waals surface area contributed by atoms with Gasteiger partial charge in [0.15, 0.2) is 11.5 Å². The summed E-state index contributed by atoms with van der Waals surface area (Å²) in [7, 11) is 2.22. The molecule has 11 heteroatoms. The summed E-state index contributed by atoms with van der Waals surface area (Å²) in [5.41, 5.74) is 1.98. The number of benzene rings is 1. The normalized spacial score (nSPS) is 18.5. The Hall–Kier alpha value is -5.03. The molecule has 2 aliphatic rings. The fraction of sp³-hybridized carbons (Fsp3) is 0.258. The monoisotopic (exact) mass is 561 g/mol. The lowest BCUT2D eigenvalue weighted by Crippen LogP contribution is -2.32. The van der Waals surface area contributed by atoms with Crippen molar-refractivity contribution in [3.05, 3.63) is 106 Å². The van der Waals surface area contributed by atoms with Gasteiger partial charge in [-0.2, -0.15) is 4.98 Å². The molecular formula is C31H31N9O2. The van der Waals surface area contributed by atoms with Crippen LogP contribution in [0.5, 0.6) is 0 Å². The molecule has 2 aliphatic heterocycles. The lowest BCUT2D eigenvalue weighted by molar-refractivity contribution is 0.310. The third-order valence-corrected chi connectivity index (χ3v) is 8.30. The quantitative estimate of drug-likeness (QED) is 0.302. The first kappa shape index (κ1) is 25.9. The molecular weight excluding hydrogens is 530 g/mol. The zero-order valence-corrected chi connectivity index (χ0v) is 23.3. The summed E-state index contributed by atoms with van der Waals surface area (Å²) in [5.74, 6) is 1.96. The first-order valence-corrected chi connectivity index (χ1v) is 14.1. The van der Waals surface area contributed by atoms with Gasteiger partial charge in [0.1, 0.15) is 11.2 Å². The Bertz CT molecular complexity index is 1910. The highest BCUT2D eigenvalue weighted by atomic mass is 16.1. The van der Waals surface area contributed by atoms with Gasteiger partial charge in [-0.15, -0.1) is 6.58 Å². The Morgan fingerprint density at radius 2 is 1.83 bits per heavy atom. The maximum atomic E-state index is 13.4. The van der Waals surface area contributed by atoms with Crippen molar-refractivity contribution in [1.29, 1.82) is 0 Å². The summed E-state index contributed by atoms with van der Waals surface area (Å²) in [6, 6.07) is 19.2. The Morgan fingerprint density at radius 3 is 2.62 bits per heavy atom. The Kier molecular flexibility index (Phi) is 6.43. The summed E-state index contributed by atoms with van der Waals surface area (Å²) >= 11 is 0. The van der Waals surface area contributed by atoms with Crippen LogP contribution < -0.4 is 21.3 Å². The largest absolute Gasteiger partial charge is 0.370 e. The molecule has 0 radical (unpaired) electrons. The molecule has 11 nitrogen and oxygen atoms in total. The zero-order chi connectivity index (χ0) is 28.8. The highest BCUT2D eigenvalue weighted by molar-refractivity contribution is 5.77. The number of nitrogens with one attached hydrogen (secondary N) is 1. The van der Waals surface area contributed by atoms with Gasteiger partial charge in [-0.05, 0) is 68.4 Å². The van der Waals surface area contributed by atoms with E-state index in [-0.39, 0.29) is 17.7 Å². The molecule has 2 unspecified atom stereocenters. The number of allylic oxidation sites excluding steroid dienone is 1. The lowest BCUT2D eigenvalue weighted by Gasteiger charge is -2.22. The van der Waals surface area contributed by atoms with Gasteiger partial charge >= 0.3 is 0 Å². The molecule has 2 fully saturated rings. The SMILES string of the molecule is C=CCn1c(=O)c2cnc(Nc3ccc(N4CC5CCN(C)C5C4)cc3)nc2n1-c1cccc(-n2ccccc2=O)n1. The van der Waals surface area contributed by atoms with Gasteiger partial charge in [-0.25, -0.2) is 19.3 Å². The minimum absolute atomic E-state index is 0.206. The maximum absolute atomic E-state index is 13.4. The molecule has 7 rings (SSSR count). The second-order valence-electron chi connectivity index (χ2n) is 10.9. The van der Waals surface area contributed by atoms with Crippen LogP contribution in [0.15, 0.2) is 95.3 Å². The van der Waals surface area contributed by atoms with Crippen LogP contribution >= 0.6 is 0 Å². The number of hydrogen-bond donors (Lipinski definition) is 1. The molecule has 2 atom stereocenters. The van der Waals surface area contributed by atoms with Crippen LogP contribution in [-0.2, 0) is 6.54 Å². The lowest BCUT2D eigenvalue weighted by atomic mass is 10.1. The minimum atomic E-state index is -0.258. The average Bonchev–Trinajstić information content (AvgIpc) is 3.67. The second kappa shape index (κ2) is 10.4. The number of likely N-dealkylation sites (tertiary alicyclic amines) is 1. The zero-order valence-electron chi connectivity index (χ0n) is 23.3. The van der Waals surface area contributed by atoms with Crippen LogP contribution in [0.1, 0.15) is 6.42 Å². The predicted molar refractivity (Wildman–Crippen MR) is 163 cm³/mol. The van der Waals surface area contributed by atoms with Gasteiger partial charge in [-0.3, -0.25) is 14.2 Å². The Labute approximate surface area is 242 Å². The fourth-order valence-corrected chi connectivity index (χ4v) is 6.16. The summed E-state index contributed by atoms with van der Waals surface area (Å²) in [6.45, 7) is 7.39. The van der Waals surface area contributed by atoms with Gasteiger partial charge in [0.2, 0.25) is 5.95 Å². The molecule has 6 heterocycles. The van der Waals surface area contributed by atoms with Crippen LogP contribution in [-0.4, -0.2) is 66.5 Å². The topological polar surface area (TPSA) is 106 Å². The second-order valence-corrected chi connectivity index (χ2v) is 10.9. The number of likely N-dealkylation sites (N-methyl/N-ethyl adjacent to an activating group) is 1. The van der Waals surface area contributed by atoms with E-state index in [0.29, 0.717) is 34.7 Å². The van der Waals surface area contributed by atoms with E-state index in [2.05, 4.69) is 45.9 Å². The first-order valence-electron chi connectivity index (χ1n) is 14.1. The van der Waals surface area contributed by atoms with Crippen molar-refractivity contribution in [2.24, 2.45) is 5.92 Å². The molecule has 1 N–H and O–H groups in total. The van der Waals surface area contributed by atoms with E-state index >= 15 is 0 Å². The summed E-state index contributed by atoms with van der Waals surface area (Å²) in [5, 5.41) is 3.64. The molecule has 2 saturated heterocycles. The van der Waals surface area contributed by atoms with Gasteiger partial charge < -0.3 is 15.1 Å². The molecule has 4 aromatic heterocycles. The van der Waals surface area contributed by atoms with Crippen LogP contribution in [0.4, 0.5) is 17.3 Å². The van der Waals surface area contributed by atoms with Gasteiger partial charge in [0.25, 0.3) is 11.1 Å². The molecule has 0 amide bonds. The van der Waals surface area contributed by atoms with E-state index in [1.54, 1.807) is 47.3 Å². The van der Waals surface area contributed by atoms with Gasteiger partial charge in [0.05, 0.1) is 6.54 Å². The van der Waals surface area contributed by atoms with E-state index in [9.17, 15) is 9.59 Å². The number of anilines is 3. The van der Waals surface area contributed by atoms with Crippen molar-refractivity contribution in [3.8, 4) is 11.6 Å². The Balaban J connectivity index is 1.21. The van der Waals surface area contributed by atoms with Crippen molar-refractivity contribution in [2.75, 3.05) is 36.9 Å². The molecule has 1 aromatic carbocycles. The molecule has 42 heavy (non-hydrogen) atoms. The van der Waals surface area contributed by atoms with Crippen LogP contribution in [0, 0.1) is 5.92 Å². The minimum Gasteiger partial charge on any atom is -0.370 e. The third kappa shape index (κ3) is 4.47. The number of hydrogen-bond acceptors (Lipinski definition) is 8. The van der Waals surface area contributed by atoms with E-state index in [1.165, 1.54) is 40.2 Å². The fourth-order valence-electron chi connectivity index (χ4n) is 6.16. The molecule has 212 valence electrons. The number of pyridine rings is 2.